The van der Waals surface area contributed by atoms with Crippen LogP contribution in [0.3, 0.4) is 0 Å². The van der Waals surface area contributed by atoms with Crippen molar-refractivity contribution in [2.75, 3.05) is 0 Å². The van der Waals surface area contributed by atoms with Crippen molar-refractivity contribution in [1.29, 1.82) is 0 Å². The third-order valence-corrected chi connectivity index (χ3v) is 4.07. The number of halogens is 2. The van der Waals surface area contributed by atoms with Crippen molar-refractivity contribution in [3.8, 4) is 5.75 Å². The summed E-state index contributed by atoms with van der Waals surface area (Å²) >= 11 is 3.14. The smallest absolute Gasteiger partial charge is 0.419 e. The minimum atomic E-state index is -0.455. The van der Waals surface area contributed by atoms with Crippen LogP contribution in [0, 0.1) is 5.82 Å². The van der Waals surface area contributed by atoms with Crippen molar-refractivity contribution >= 4 is 33.0 Å². The number of oxazole rings is 1. The summed E-state index contributed by atoms with van der Waals surface area (Å²) in [4.78, 5) is 23.7. The molecule has 0 bridgehead atoms. The molecule has 5 nitrogen and oxygen atoms in total. The lowest BCUT2D eigenvalue weighted by Gasteiger charge is -2.06. The zero-order valence-electron chi connectivity index (χ0n) is 12.5. The first-order valence-electron chi connectivity index (χ1n) is 7.29. The molecule has 1 heterocycles. The van der Waals surface area contributed by atoms with Crippen LogP contribution in [0.15, 0.2) is 56.1 Å². The van der Waals surface area contributed by atoms with E-state index in [0.29, 0.717) is 28.5 Å². The molecule has 0 aliphatic rings. The Morgan fingerprint density at radius 1 is 1.25 bits per heavy atom. The fourth-order valence-electron chi connectivity index (χ4n) is 2.34. The molecule has 0 atom stereocenters. The van der Waals surface area contributed by atoms with Crippen molar-refractivity contribution < 1.29 is 18.3 Å². The minimum Gasteiger partial charge on any atom is -0.425 e. The minimum absolute atomic E-state index is 0.121. The molecule has 3 rings (SSSR count). The first-order valence-corrected chi connectivity index (χ1v) is 8.08. The molecule has 1 aromatic heterocycles. The zero-order chi connectivity index (χ0) is 17.1. The SMILES string of the molecule is O=C(CCCn1c(=O)oc2ccccc21)Oc1ccc(F)cc1Br. The van der Waals surface area contributed by atoms with E-state index in [1.807, 2.05) is 6.07 Å². The van der Waals surface area contributed by atoms with E-state index in [-0.39, 0.29) is 12.2 Å². The quantitative estimate of drug-likeness (QED) is 0.487. The van der Waals surface area contributed by atoms with E-state index in [1.54, 1.807) is 18.2 Å². The number of benzene rings is 2. The van der Waals surface area contributed by atoms with E-state index in [4.69, 9.17) is 9.15 Å². The topological polar surface area (TPSA) is 61.4 Å². The molecule has 0 fully saturated rings. The summed E-state index contributed by atoms with van der Waals surface area (Å²) in [5.41, 5.74) is 1.21. The predicted octanol–water partition coefficient (Wildman–Crippen LogP) is 3.88. The number of aromatic nitrogens is 1. The summed E-state index contributed by atoms with van der Waals surface area (Å²) in [6, 6.07) is 10.9. The van der Waals surface area contributed by atoms with Crippen LogP contribution in [0.4, 0.5) is 4.39 Å². The van der Waals surface area contributed by atoms with Gasteiger partial charge in [-0.25, -0.2) is 9.18 Å². The summed E-state index contributed by atoms with van der Waals surface area (Å²) in [6.45, 7) is 0.343. The van der Waals surface area contributed by atoms with E-state index in [9.17, 15) is 14.0 Å². The van der Waals surface area contributed by atoms with Crippen LogP contribution in [0.1, 0.15) is 12.8 Å². The van der Waals surface area contributed by atoms with Crippen LogP contribution in [0.2, 0.25) is 0 Å². The molecular weight excluding hydrogens is 381 g/mol. The molecule has 7 heteroatoms. The van der Waals surface area contributed by atoms with Crippen LogP contribution >= 0.6 is 15.9 Å². The first-order chi connectivity index (χ1) is 11.5. The van der Waals surface area contributed by atoms with Gasteiger partial charge < -0.3 is 9.15 Å². The second-order valence-corrected chi connectivity index (χ2v) is 5.99. The fraction of sp³-hybridized carbons (Fsp3) is 0.176. The van der Waals surface area contributed by atoms with Gasteiger partial charge in [0.05, 0.1) is 9.99 Å². The maximum atomic E-state index is 13.0. The first kappa shape index (κ1) is 16.4. The molecule has 0 spiro atoms. The average Bonchev–Trinajstić information content (AvgIpc) is 2.86. The number of carbonyl (C=O) groups is 1. The maximum absolute atomic E-state index is 13.0. The molecule has 3 aromatic rings. The Hall–Kier alpha value is -2.41. The molecular formula is C17H13BrFNO4. The fourth-order valence-corrected chi connectivity index (χ4v) is 2.77. The Balaban J connectivity index is 1.60. The highest BCUT2D eigenvalue weighted by molar-refractivity contribution is 9.10. The number of esters is 1. The number of hydrogen-bond donors (Lipinski definition) is 0. The summed E-state index contributed by atoms with van der Waals surface area (Å²) in [5.74, 6) is -1.07. The molecule has 0 N–H and O–H groups in total. The van der Waals surface area contributed by atoms with Crippen molar-refractivity contribution in [3.05, 3.63) is 63.3 Å². The molecule has 124 valence electrons. The van der Waals surface area contributed by atoms with E-state index in [2.05, 4.69) is 15.9 Å². The van der Waals surface area contributed by atoms with Gasteiger partial charge in [-0.3, -0.25) is 9.36 Å². The van der Waals surface area contributed by atoms with Crippen molar-refractivity contribution in [2.24, 2.45) is 0 Å². The Labute approximate surface area is 144 Å². The van der Waals surface area contributed by atoms with Crippen LogP contribution < -0.4 is 10.5 Å². The molecule has 0 aliphatic heterocycles. The van der Waals surface area contributed by atoms with E-state index < -0.39 is 17.5 Å². The van der Waals surface area contributed by atoms with Crippen LogP contribution in [0.5, 0.6) is 5.75 Å². The second-order valence-electron chi connectivity index (χ2n) is 5.14. The zero-order valence-corrected chi connectivity index (χ0v) is 14.1. The molecule has 24 heavy (non-hydrogen) atoms. The van der Waals surface area contributed by atoms with Crippen molar-refractivity contribution in [3.63, 3.8) is 0 Å². The Kier molecular flexibility index (Phi) is 4.80. The van der Waals surface area contributed by atoms with Gasteiger partial charge in [0.2, 0.25) is 0 Å². The summed E-state index contributed by atoms with van der Waals surface area (Å²) in [6.07, 6.45) is 0.539. The summed E-state index contributed by atoms with van der Waals surface area (Å²) < 4.78 is 25.2. The molecule has 2 aromatic carbocycles. The van der Waals surface area contributed by atoms with Crippen molar-refractivity contribution in [2.45, 2.75) is 19.4 Å². The normalized spacial score (nSPS) is 10.9. The molecule has 0 aliphatic carbocycles. The van der Waals surface area contributed by atoms with Gasteiger partial charge in [0.1, 0.15) is 11.6 Å². The van der Waals surface area contributed by atoms with Gasteiger partial charge in [0.15, 0.2) is 5.58 Å². The van der Waals surface area contributed by atoms with Gasteiger partial charge in [0, 0.05) is 13.0 Å². The lowest BCUT2D eigenvalue weighted by atomic mass is 10.3. The number of fused-ring (bicyclic) bond motifs is 1. The van der Waals surface area contributed by atoms with Crippen LogP contribution in [-0.4, -0.2) is 10.5 Å². The predicted molar refractivity (Wildman–Crippen MR) is 89.4 cm³/mol. The number of hydrogen-bond acceptors (Lipinski definition) is 4. The van der Waals surface area contributed by atoms with Gasteiger partial charge in [-0.2, -0.15) is 0 Å². The lowest BCUT2D eigenvalue weighted by molar-refractivity contribution is -0.134. The van der Waals surface area contributed by atoms with E-state index in [1.165, 1.54) is 22.8 Å². The van der Waals surface area contributed by atoms with Gasteiger partial charge in [-0.1, -0.05) is 12.1 Å². The number of rotatable bonds is 5. The number of ether oxygens (including phenoxy) is 1. The summed E-state index contributed by atoms with van der Waals surface area (Å²) in [7, 11) is 0. The number of nitrogens with zero attached hydrogens (tertiary/aromatic N) is 1. The molecule has 0 unspecified atom stereocenters. The highest BCUT2D eigenvalue weighted by Crippen LogP contribution is 2.25. The Bertz CT molecular complexity index is 947. The summed E-state index contributed by atoms with van der Waals surface area (Å²) in [5, 5.41) is 0. The second kappa shape index (κ2) is 7.00. The molecule has 0 saturated heterocycles. The van der Waals surface area contributed by atoms with Crippen LogP contribution in [-0.2, 0) is 11.3 Å². The standard InChI is InChI=1S/C17H13BrFNO4/c18-12-10-11(19)7-8-14(12)23-16(21)6-3-9-20-13-4-1-2-5-15(13)24-17(20)22/h1-2,4-5,7-8,10H,3,6,9H2. The molecule has 0 radical (unpaired) electrons. The number of aryl methyl sites for hydroxylation is 1. The highest BCUT2D eigenvalue weighted by Gasteiger charge is 2.11. The lowest BCUT2D eigenvalue weighted by Crippen LogP contribution is -2.16. The number of para-hydroxylation sites is 2. The Morgan fingerprint density at radius 3 is 2.83 bits per heavy atom. The largest absolute Gasteiger partial charge is 0.425 e. The van der Waals surface area contributed by atoms with E-state index >= 15 is 0 Å². The van der Waals surface area contributed by atoms with E-state index in [0.717, 1.165) is 0 Å². The molecule has 0 saturated carbocycles. The average molecular weight is 394 g/mol. The monoisotopic (exact) mass is 393 g/mol. The van der Waals surface area contributed by atoms with Gasteiger partial charge in [-0.05, 0) is 52.7 Å². The third-order valence-electron chi connectivity index (χ3n) is 3.45. The van der Waals surface area contributed by atoms with Crippen molar-refractivity contribution in [1.82, 2.24) is 4.57 Å². The highest BCUT2D eigenvalue weighted by atomic mass is 79.9. The van der Waals surface area contributed by atoms with Gasteiger partial charge in [0.25, 0.3) is 0 Å². The number of carbonyl (C=O) groups excluding carboxylic acids is 1. The van der Waals surface area contributed by atoms with Crippen LogP contribution in [0.25, 0.3) is 11.1 Å². The van der Waals surface area contributed by atoms with Gasteiger partial charge in [-0.15, -0.1) is 0 Å². The Morgan fingerprint density at radius 2 is 2.04 bits per heavy atom. The van der Waals surface area contributed by atoms with Gasteiger partial charge >= 0.3 is 11.7 Å². The molecule has 0 amide bonds. The maximum Gasteiger partial charge on any atom is 0.419 e. The third kappa shape index (κ3) is 3.56.